The maximum absolute atomic E-state index is 14.6. The molecule has 0 radical (unpaired) electrons. The van der Waals surface area contributed by atoms with Crippen LogP contribution in [0.15, 0.2) is 11.6 Å². The van der Waals surface area contributed by atoms with Gasteiger partial charge in [-0.1, -0.05) is 53.2 Å². The van der Waals surface area contributed by atoms with Gasteiger partial charge in [-0.05, 0) is 104 Å². The molecule has 0 aromatic heterocycles. The summed E-state index contributed by atoms with van der Waals surface area (Å²) in [6.07, 6.45) is -5.32. The van der Waals surface area contributed by atoms with Gasteiger partial charge < -0.3 is 64.9 Å². The molecule has 14 nitrogen and oxygen atoms in total. The van der Waals surface area contributed by atoms with E-state index in [-0.39, 0.29) is 46.0 Å². The van der Waals surface area contributed by atoms with Crippen LogP contribution in [0.25, 0.3) is 0 Å². The Labute approximate surface area is 330 Å². The normalized spacial score (nSPS) is 54.1. The number of esters is 1. The van der Waals surface area contributed by atoms with E-state index in [0.717, 1.165) is 44.9 Å². The second-order valence-electron chi connectivity index (χ2n) is 20.5. The van der Waals surface area contributed by atoms with Crippen LogP contribution in [0, 0.1) is 50.2 Å². The molecule has 14 heteroatoms. The number of carbonyl (C=O) groups is 1. The van der Waals surface area contributed by atoms with E-state index in [4.69, 9.17) is 18.9 Å². The van der Waals surface area contributed by atoms with Gasteiger partial charge in [-0.15, -0.1) is 0 Å². The van der Waals surface area contributed by atoms with Crippen LogP contribution in [0.5, 0.6) is 0 Å². The highest BCUT2D eigenvalue weighted by Gasteiger charge is 2.70. The Morgan fingerprint density at radius 2 is 1.30 bits per heavy atom. The summed E-state index contributed by atoms with van der Waals surface area (Å²) >= 11 is 0. The molecule has 56 heavy (non-hydrogen) atoms. The average Bonchev–Trinajstić information content (AvgIpc) is 3.16. The van der Waals surface area contributed by atoms with E-state index in [1.807, 2.05) is 6.92 Å². The molecule has 0 amide bonds. The average molecular weight is 797 g/mol. The third-order valence-electron chi connectivity index (χ3n) is 17.3. The zero-order valence-corrected chi connectivity index (χ0v) is 33.9. The zero-order chi connectivity index (χ0) is 41.0. The van der Waals surface area contributed by atoms with Crippen LogP contribution in [0.4, 0.5) is 0 Å². The van der Waals surface area contributed by atoms with Gasteiger partial charge in [0.05, 0.1) is 31.3 Å². The first kappa shape index (κ1) is 42.8. The number of ether oxygens (including phenoxy) is 4. The SMILES string of the molecule is CC1(C)CC[C@]2(C(=O)O[C@@H]3O[C@H](CO)[C@@H](O)[C@H](O)[C@H]3O)CC[C@]3(C)C(=CCC4[C@@]5(C)CC[C@H](O[C@@H]6O[C@H](CO)[C@@H](O)[C@H](O)[C@H]6O)[C@@](C)(CO)C5CC[C@]43C)[C@@H]2C1. The molecule has 6 fully saturated rings. The highest BCUT2D eigenvalue weighted by molar-refractivity contribution is 5.79. The van der Waals surface area contributed by atoms with Crippen LogP contribution in [-0.4, -0.2) is 139 Å². The van der Waals surface area contributed by atoms with Crippen LogP contribution in [-0.2, 0) is 23.7 Å². The third kappa shape index (κ3) is 6.21. The lowest BCUT2D eigenvalue weighted by molar-refractivity contribution is -0.333. The standard InChI is InChI=1S/C42H68O14/c1-37(2)13-15-42(36(52)56-35-33(51)31(49)29(47)24(19-44)54-35)16-14-40(5)21(22(42)17-37)7-8-26-38(3)11-10-27(39(4,20-45)25(38)9-12-41(26,40)6)55-34-32(50)30(48)28(46)23(18-43)53-34/h7,22-35,43-51H,8-20H2,1-6H3/t22-,23+,24+,25?,26?,27-,28+,29+,30-,31-,32+,33+,34-,35-,38-,39-,40+,41+,42-/m0/s1. The van der Waals surface area contributed by atoms with Gasteiger partial charge in [0.2, 0.25) is 6.29 Å². The number of aliphatic hydroxyl groups excluding tert-OH is 9. The fourth-order valence-electron chi connectivity index (χ4n) is 13.6. The molecule has 0 aromatic carbocycles. The molecule has 2 heterocycles. The molecule has 2 saturated heterocycles. The summed E-state index contributed by atoms with van der Waals surface area (Å²) in [7, 11) is 0. The van der Waals surface area contributed by atoms with Gasteiger partial charge in [0.1, 0.15) is 48.8 Å². The smallest absolute Gasteiger partial charge is 0.315 e. The fourth-order valence-corrected chi connectivity index (χ4v) is 13.6. The monoisotopic (exact) mass is 796 g/mol. The summed E-state index contributed by atoms with van der Waals surface area (Å²) in [4.78, 5) is 14.6. The van der Waals surface area contributed by atoms with E-state index in [1.165, 1.54) is 5.57 Å². The van der Waals surface area contributed by atoms with Crippen molar-refractivity contribution < 1.29 is 69.7 Å². The summed E-state index contributed by atoms with van der Waals surface area (Å²) in [5.74, 6) is -0.322. The van der Waals surface area contributed by atoms with Gasteiger partial charge in [-0.2, -0.15) is 0 Å². The second kappa shape index (κ2) is 14.7. The van der Waals surface area contributed by atoms with Crippen molar-refractivity contribution in [3.63, 3.8) is 0 Å². The van der Waals surface area contributed by atoms with E-state index >= 15 is 0 Å². The number of hydrogen-bond donors (Lipinski definition) is 9. The molecule has 4 saturated carbocycles. The van der Waals surface area contributed by atoms with Crippen molar-refractivity contribution >= 4 is 5.97 Å². The van der Waals surface area contributed by atoms with E-state index in [1.54, 1.807) is 0 Å². The summed E-state index contributed by atoms with van der Waals surface area (Å²) in [5.41, 5.74) is -0.964. The molecular formula is C42H68O14. The van der Waals surface area contributed by atoms with Crippen LogP contribution in [0.2, 0.25) is 0 Å². The van der Waals surface area contributed by atoms with Crippen molar-refractivity contribution in [1.82, 2.24) is 0 Å². The van der Waals surface area contributed by atoms with Gasteiger partial charge in [0.15, 0.2) is 6.29 Å². The molecule has 19 atom stereocenters. The summed E-state index contributed by atoms with van der Waals surface area (Å²) in [6, 6.07) is 0. The number of aliphatic hydroxyl groups is 9. The number of rotatable bonds is 7. The minimum absolute atomic E-state index is 0.0413. The summed E-state index contributed by atoms with van der Waals surface area (Å²) in [6.45, 7) is 12.4. The summed E-state index contributed by atoms with van der Waals surface area (Å²) in [5, 5.41) is 93.9. The van der Waals surface area contributed by atoms with Crippen LogP contribution >= 0.6 is 0 Å². The highest BCUT2D eigenvalue weighted by atomic mass is 16.7. The Balaban J connectivity index is 1.17. The Morgan fingerprint density at radius 1 is 0.714 bits per heavy atom. The summed E-state index contributed by atoms with van der Waals surface area (Å²) < 4.78 is 23.8. The number of hydrogen-bond acceptors (Lipinski definition) is 14. The van der Waals surface area contributed by atoms with Gasteiger partial charge in [-0.3, -0.25) is 4.79 Å². The lowest BCUT2D eigenvalue weighted by atomic mass is 9.33. The van der Waals surface area contributed by atoms with E-state index < -0.39 is 97.5 Å². The maximum atomic E-state index is 14.6. The topological polar surface area (TPSA) is 236 Å². The molecule has 0 spiro atoms. The van der Waals surface area contributed by atoms with Crippen LogP contribution in [0.3, 0.4) is 0 Å². The number of carbonyl (C=O) groups excluding carboxylic acids is 1. The first-order valence-corrected chi connectivity index (χ1v) is 21.0. The van der Waals surface area contributed by atoms with Crippen LogP contribution < -0.4 is 0 Å². The van der Waals surface area contributed by atoms with Crippen molar-refractivity contribution in [2.75, 3.05) is 19.8 Å². The molecule has 5 aliphatic carbocycles. The van der Waals surface area contributed by atoms with E-state index in [0.29, 0.717) is 19.3 Å². The first-order chi connectivity index (χ1) is 26.2. The molecule has 2 unspecified atom stereocenters. The zero-order valence-electron chi connectivity index (χ0n) is 33.9. The minimum Gasteiger partial charge on any atom is -0.432 e. The Morgan fingerprint density at radius 3 is 1.91 bits per heavy atom. The van der Waals surface area contributed by atoms with Gasteiger partial charge in [-0.25, -0.2) is 0 Å². The van der Waals surface area contributed by atoms with Crippen molar-refractivity contribution in [3.8, 4) is 0 Å². The van der Waals surface area contributed by atoms with E-state index in [9.17, 15) is 50.8 Å². The lowest BCUT2D eigenvalue weighted by Gasteiger charge is -2.71. The van der Waals surface area contributed by atoms with Gasteiger partial charge >= 0.3 is 5.97 Å². The largest absolute Gasteiger partial charge is 0.432 e. The first-order valence-electron chi connectivity index (χ1n) is 21.0. The molecule has 0 bridgehead atoms. The highest BCUT2D eigenvalue weighted by Crippen LogP contribution is 2.76. The molecule has 9 N–H and O–H groups in total. The Hall–Kier alpha value is -1.27. The molecule has 7 aliphatic rings. The maximum Gasteiger partial charge on any atom is 0.315 e. The van der Waals surface area contributed by atoms with Crippen molar-refractivity contribution in [2.45, 2.75) is 173 Å². The van der Waals surface area contributed by atoms with E-state index in [2.05, 4.69) is 40.7 Å². The van der Waals surface area contributed by atoms with Crippen LogP contribution in [0.1, 0.15) is 106 Å². The van der Waals surface area contributed by atoms with Gasteiger partial charge in [0, 0.05) is 5.41 Å². The number of fused-ring (bicyclic) bond motifs is 7. The molecule has 0 aromatic rings. The molecular weight excluding hydrogens is 728 g/mol. The molecule has 7 rings (SSSR count). The predicted octanol–water partition coefficient (Wildman–Crippen LogP) is 1.29. The van der Waals surface area contributed by atoms with Crippen molar-refractivity contribution in [3.05, 3.63) is 11.6 Å². The van der Waals surface area contributed by atoms with Gasteiger partial charge in [0.25, 0.3) is 0 Å². The quantitative estimate of drug-likeness (QED) is 0.100. The minimum atomic E-state index is -1.67. The predicted molar refractivity (Wildman–Crippen MR) is 199 cm³/mol. The Kier molecular flexibility index (Phi) is 11.3. The fraction of sp³-hybridized carbons (Fsp3) is 0.929. The third-order valence-corrected chi connectivity index (χ3v) is 17.3. The number of allylic oxidation sites excluding steroid dienone is 2. The van der Waals surface area contributed by atoms with Crippen molar-refractivity contribution in [2.24, 2.45) is 50.2 Å². The molecule has 320 valence electrons. The second-order valence-corrected chi connectivity index (χ2v) is 20.5. The molecule has 2 aliphatic heterocycles. The lowest BCUT2D eigenvalue weighted by Crippen LogP contribution is -2.67. The Bertz CT molecular complexity index is 1500. The van der Waals surface area contributed by atoms with Crippen molar-refractivity contribution in [1.29, 1.82) is 0 Å².